The van der Waals surface area contributed by atoms with Gasteiger partial charge in [0.25, 0.3) is 0 Å². The Kier molecular flexibility index (Phi) is 7.44. The van der Waals surface area contributed by atoms with Crippen LogP contribution in [0.15, 0.2) is 48.6 Å². The minimum absolute atomic E-state index is 0.0115. The summed E-state index contributed by atoms with van der Waals surface area (Å²) in [6.07, 6.45) is 3.62. The molecule has 0 fully saturated rings. The third-order valence-corrected chi connectivity index (χ3v) is 5.43. The SMILES string of the molecule is CC=CCn1nc(C)c(C(=O)c2ccc(Cl)cc2Cl)c1OC(=O)c1ccc(Cl)cc1Cl. The van der Waals surface area contributed by atoms with E-state index in [1.54, 1.807) is 13.0 Å². The quantitative estimate of drug-likeness (QED) is 0.212. The van der Waals surface area contributed by atoms with E-state index in [0.717, 1.165) is 0 Å². The predicted octanol–water partition coefficient (Wildman–Crippen LogP) is 6.83. The van der Waals surface area contributed by atoms with Crippen LogP contribution in [-0.2, 0) is 6.54 Å². The molecule has 5 nitrogen and oxygen atoms in total. The smallest absolute Gasteiger partial charge is 0.346 e. The number of hydrogen-bond donors (Lipinski definition) is 0. The summed E-state index contributed by atoms with van der Waals surface area (Å²) >= 11 is 24.2. The van der Waals surface area contributed by atoms with E-state index >= 15 is 0 Å². The number of esters is 1. The van der Waals surface area contributed by atoms with Crippen molar-refractivity contribution in [3.63, 3.8) is 0 Å². The molecule has 2 aromatic carbocycles. The highest BCUT2D eigenvalue weighted by molar-refractivity contribution is 6.38. The van der Waals surface area contributed by atoms with Gasteiger partial charge in [-0.1, -0.05) is 58.6 Å². The van der Waals surface area contributed by atoms with Gasteiger partial charge in [0.15, 0.2) is 0 Å². The molecule has 0 aliphatic carbocycles. The topological polar surface area (TPSA) is 61.2 Å². The molecule has 0 radical (unpaired) electrons. The number of aromatic nitrogens is 2. The van der Waals surface area contributed by atoms with Crippen molar-refractivity contribution in [2.75, 3.05) is 0 Å². The molecule has 160 valence electrons. The standard InChI is InChI=1S/C22H16Cl4N2O3/c1-3-4-9-28-21(31-22(30)16-8-6-14(24)11-18(16)26)19(12(2)27-28)20(29)15-7-5-13(23)10-17(15)25/h3-8,10-11H,9H2,1-2H3. The molecule has 1 aromatic heterocycles. The molecule has 0 atom stereocenters. The van der Waals surface area contributed by atoms with Gasteiger partial charge in [0, 0.05) is 15.6 Å². The van der Waals surface area contributed by atoms with Crippen molar-refractivity contribution in [3.8, 4) is 5.88 Å². The number of aryl methyl sites for hydroxylation is 1. The van der Waals surface area contributed by atoms with E-state index in [1.165, 1.54) is 35.0 Å². The first-order chi connectivity index (χ1) is 14.7. The lowest BCUT2D eigenvalue weighted by Crippen LogP contribution is -2.15. The lowest BCUT2D eigenvalue weighted by Gasteiger charge is -2.10. The first-order valence-corrected chi connectivity index (χ1v) is 10.6. The number of carbonyl (C=O) groups is 2. The van der Waals surface area contributed by atoms with Gasteiger partial charge < -0.3 is 4.74 Å². The molecule has 0 saturated carbocycles. The van der Waals surface area contributed by atoms with E-state index in [9.17, 15) is 9.59 Å². The second kappa shape index (κ2) is 9.88. The second-order valence-electron chi connectivity index (χ2n) is 6.48. The molecule has 9 heteroatoms. The Bertz CT molecular complexity index is 1200. The molecule has 0 bridgehead atoms. The molecular formula is C22H16Cl4N2O3. The van der Waals surface area contributed by atoms with Crippen LogP contribution in [0.3, 0.4) is 0 Å². The summed E-state index contributed by atoms with van der Waals surface area (Å²) in [6, 6.07) is 8.93. The van der Waals surface area contributed by atoms with Crippen LogP contribution in [0.25, 0.3) is 0 Å². The van der Waals surface area contributed by atoms with Gasteiger partial charge in [-0.05, 0) is 50.2 Å². The van der Waals surface area contributed by atoms with Crippen molar-refractivity contribution in [1.29, 1.82) is 0 Å². The normalized spacial score (nSPS) is 11.2. The zero-order valence-electron chi connectivity index (χ0n) is 16.5. The summed E-state index contributed by atoms with van der Waals surface area (Å²) in [5.41, 5.74) is 0.810. The van der Waals surface area contributed by atoms with Gasteiger partial charge in [0.1, 0.15) is 5.56 Å². The molecule has 0 spiro atoms. The zero-order chi connectivity index (χ0) is 22.7. The van der Waals surface area contributed by atoms with Gasteiger partial charge in [-0.25, -0.2) is 9.48 Å². The number of ether oxygens (including phenoxy) is 1. The highest BCUT2D eigenvalue weighted by Crippen LogP contribution is 2.31. The third-order valence-electron chi connectivity index (χ3n) is 4.34. The number of nitrogens with zero attached hydrogens (tertiary/aromatic N) is 2. The molecule has 3 aromatic rings. The van der Waals surface area contributed by atoms with Crippen molar-refractivity contribution in [2.24, 2.45) is 0 Å². The molecule has 31 heavy (non-hydrogen) atoms. The summed E-state index contributed by atoms with van der Waals surface area (Å²) in [5.74, 6) is -1.21. The Morgan fingerprint density at radius 2 is 1.58 bits per heavy atom. The average Bonchev–Trinajstić information content (AvgIpc) is 3.00. The summed E-state index contributed by atoms with van der Waals surface area (Å²) in [5, 5.41) is 5.45. The van der Waals surface area contributed by atoms with Crippen molar-refractivity contribution in [3.05, 3.63) is 91.0 Å². The van der Waals surface area contributed by atoms with Crippen LogP contribution in [0.4, 0.5) is 0 Å². The van der Waals surface area contributed by atoms with E-state index in [-0.39, 0.29) is 39.2 Å². The van der Waals surface area contributed by atoms with E-state index in [4.69, 9.17) is 51.1 Å². The fourth-order valence-electron chi connectivity index (χ4n) is 2.86. The fraction of sp³-hybridized carbons (Fsp3) is 0.136. The number of halogens is 4. The first kappa shape index (κ1) is 23.4. The Morgan fingerprint density at radius 1 is 1.00 bits per heavy atom. The monoisotopic (exact) mass is 496 g/mol. The lowest BCUT2D eigenvalue weighted by atomic mass is 10.0. The molecule has 0 aliphatic rings. The van der Waals surface area contributed by atoms with Gasteiger partial charge in [0.05, 0.1) is 27.8 Å². The highest BCUT2D eigenvalue weighted by atomic mass is 35.5. The van der Waals surface area contributed by atoms with Crippen molar-refractivity contribution >= 4 is 58.2 Å². The van der Waals surface area contributed by atoms with E-state index in [0.29, 0.717) is 15.7 Å². The number of benzene rings is 2. The fourth-order valence-corrected chi connectivity index (χ4v) is 3.84. The summed E-state index contributed by atoms with van der Waals surface area (Å²) in [7, 11) is 0. The number of allylic oxidation sites excluding steroid dienone is 2. The second-order valence-corrected chi connectivity index (χ2v) is 8.17. The molecular weight excluding hydrogens is 482 g/mol. The van der Waals surface area contributed by atoms with Gasteiger partial charge in [-0.2, -0.15) is 5.10 Å². The number of carbonyl (C=O) groups excluding carboxylic acids is 2. The molecule has 0 amide bonds. The maximum Gasteiger partial charge on any atom is 0.346 e. The number of ketones is 1. The van der Waals surface area contributed by atoms with Gasteiger partial charge in [0.2, 0.25) is 11.7 Å². The molecule has 0 saturated heterocycles. The molecule has 0 aliphatic heterocycles. The lowest BCUT2D eigenvalue weighted by molar-refractivity contribution is 0.0717. The Labute approximate surface area is 199 Å². The first-order valence-electron chi connectivity index (χ1n) is 9.08. The van der Waals surface area contributed by atoms with Crippen LogP contribution >= 0.6 is 46.4 Å². The van der Waals surface area contributed by atoms with Crippen LogP contribution in [0.5, 0.6) is 5.88 Å². The number of rotatable bonds is 6. The Morgan fingerprint density at radius 3 is 2.13 bits per heavy atom. The van der Waals surface area contributed by atoms with Crippen molar-refractivity contribution in [2.45, 2.75) is 20.4 Å². The summed E-state index contributed by atoms with van der Waals surface area (Å²) in [6.45, 7) is 3.78. The van der Waals surface area contributed by atoms with Crippen LogP contribution < -0.4 is 4.74 Å². The third kappa shape index (κ3) is 5.13. The molecule has 0 N–H and O–H groups in total. The average molecular weight is 498 g/mol. The molecule has 0 unspecified atom stereocenters. The predicted molar refractivity (Wildman–Crippen MR) is 123 cm³/mol. The minimum atomic E-state index is -0.750. The van der Waals surface area contributed by atoms with Crippen LogP contribution in [0, 0.1) is 6.92 Å². The maximum absolute atomic E-state index is 13.3. The van der Waals surface area contributed by atoms with Crippen LogP contribution in [0.1, 0.15) is 38.9 Å². The summed E-state index contributed by atoms with van der Waals surface area (Å²) in [4.78, 5) is 26.1. The van der Waals surface area contributed by atoms with E-state index in [1.807, 2.05) is 19.1 Å². The highest BCUT2D eigenvalue weighted by Gasteiger charge is 2.28. The van der Waals surface area contributed by atoms with E-state index < -0.39 is 11.8 Å². The van der Waals surface area contributed by atoms with Gasteiger partial charge in [-0.3, -0.25) is 4.79 Å². The number of hydrogen-bond acceptors (Lipinski definition) is 4. The maximum atomic E-state index is 13.3. The molecule has 3 rings (SSSR count). The van der Waals surface area contributed by atoms with Crippen molar-refractivity contribution < 1.29 is 14.3 Å². The minimum Gasteiger partial charge on any atom is -0.403 e. The van der Waals surface area contributed by atoms with E-state index in [2.05, 4.69) is 5.10 Å². The van der Waals surface area contributed by atoms with Gasteiger partial charge >= 0.3 is 5.97 Å². The van der Waals surface area contributed by atoms with Gasteiger partial charge in [-0.15, -0.1) is 0 Å². The van der Waals surface area contributed by atoms with Crippen molar-refractivity contribution in [1.82, 2.24) is 9.78 Å². The van der Waals surface area contributed by atoms with Crippen LogP contribution in [0.2, 0.25) is 20.1 Å². The Hall–Kier alpha value is -2.31. The Balaban J connectivity index is 2.08. The van der Waals surface area contributed by atoms with Crippen LogP contribution in [-0.4, -0.2) is 21.5 Å². The molecule has 1 heterocycles. The zero-order valence-corrected chi connectivity index (χ0v) is 19.5. The largest absolute Gasteiger partial charge is 0.403 e. The summed E-state index contributed by atoms with van der Waals surface area (Å²) < 4.78 is 7.04.